The van der Waals surface area contributed by atoms with E-state index in [0.29, 0.717) is 40.8 Å². The van der Waals surface area contributed by atoms with Crippen LogP contribution in [0.2, 0.25) is 0 Å². The minimum absolute atomic E-state index is 0.0295. The number of aromatic nitrogens is 2. The van der Waals surface area contributed by atoms with Crippen molar-refractivity contribution in [3.8, 4) is 17.2 Å². The van der Waals surface area contributed by atoms with E-state index in [1.54, 1.807) is 32.0 Å². The summed E-state index contributed by atoms with van der Waals surface area (Å²) in [6.07, 6.45) is -0.0659. The lowest BCUT2D eigenvalue weighted by Gasteiger charge is -2.25. The van der Waals surface area contributed by atoms with Gasteiger partial charge in [0.2, 0.25) is 11.8 Å². The monoisotopic (exact) mass is 596 g/mol. The predicted molar refractivity (Wildman–Crippen MR) is 158 cm³/mol. The number of ether oxygens (including phenoxy) is 1. The number of thioether (sulfide) groups is 1. The molecule has 1 heterocycles. The number of carbonyl (C=O) groups is 4. The van der Waals surface area contributed by atoms with E-state index in [1.165, 1.54) is 18.9 Å². The van der Waals surface area contributed by atoms with Gasteiger partial charge in [-0.15, -0.1) is 11.8 Å². The predicted octanol–water partition coefficient (Wildman–Crippen LogP) is 3.45. The van der Waals surface area contributed by atoms with Gasteiger partial charge in [-0.3, -0.25) is 19.2 Å². The van der Waals surface area contributed by atoms with E-state index in [1.807, 2.05) is 37.3 Å². The van der Waals surface area contributed by atoms with Gasteiger partial charge in [0.25, 0.3) is 5.89 Å². The zero-order valence-corrected chi connectivity index (χ0v) is 24.9. The summed E-state index contributed by atoms with van der Waals surface area (Å²) >= 11 is 1.34. The Morgan fingerprint density at radius 3 is 2.43 bits per heavy atom. The number of rotatable bonds is 16. The first-order valence-electron chi connectivity index (χ1n) is 13.6. The number of amides is 2. The molecule has 224 valence electrons. The molecule has 3 aromatic rings. The van der Waals surface area contributed by atoms with E-state index >= 15 is 0 Å². The second-order valence-electron chi connectivity index (χ2n) is 9.97. The summed E-state index contributed by atoms with van der Waals surface area (Å²) in [4.78, 5) is 55.0. The third-order valence-corrected chi connectivity index (χ3v) is 7.39. The highest BCUT2D eigenvalue weighted by molar-refractivity contribution is 7.99. The molecule has 0 saturated heterocycles. The molecule has 2 aromatic carbocycles. The summed E-state index contributed by atoms with van der Waals surface area (Å²) < 4.78 is 10.7. The van der Waals surface area contributed by atoms with Gasteiger partial charge < -0.3 is 25.0 Å². The molecule has 42 heavy (non-hydrogen) atoms. The lowest BCUT2D eigenvalue weighted by atomic mass is 10.0. The molecule has 11 nitrogen and oxygen atoms in total. The van der Waals surface area contributed by atoms with Crippen molar-refractivity contribution in [3.05, 3.63) is 65.5 Å². The minimum Gasteiger partial charge on any atom is -0.496 e. The van der Waals surface area contributed by atoms with Crippen LogP contribution in [0.15, 0.2) is 53.1 Å². The van der Waals surface area contributed by atoms with Crippen molar-refractivity contribution in [1.29, 1.82) is 0 Å². The first-order valence-corrected chi connectivity index (χ1v) is 14.7. The van der Waals surface area contributed by atoms with Crippen LogP contribution in [-0.4, -0.2) is 63.8 Å². The average Bonchev–Trinajstić information content (AvgIpc) is 3.45. The normalized spacial score (nSPS) is 12.4. The molecule has 2 amide bonds. The number of hydrogen-bond acceptors (Lipinski definition) is 9. The number of benzene rings is 2. The second-order valence-corrected chi connectivity index (χ2v) is 11.0. The maximum absolute atomic E-state index is 13.2. The van der Waals surface area contributed by atoms with E-state index in [0.717, 1.165) is 5.56 Å². The van der Waals surface area contributed by atoms with Crippen LogP contribution in [0.1, 0.15) is 44.1 Å². The average molecular weight is 597 g/mol. The number of carboxylic acid groups (broad SMARTS) is 1. The van der Waals surface area contributed by atoms with Crippen molar-refractivity contribution in [3.63, 3.8) is 0 Å². The van der Waals surface area contributed by atoms with Crippen molar-refractivity contribution >= 4 is 35.3 Å². The zero-order valence-electron chi connectivity index (χ0n) is 24.1. The van der Waals surface area contributed by atoms with E-state index in [4.69, 9.17) is 9.26 Å². The third kappa shape index (κ3) is 9.44. The van der Waals surface area contributed by atoms with E-state index in [-0.39, 0.29) is 18.1 Å². The van der Waals surface area contributed by atoms with Crippen molar-refractivity contribution in [2.24, 2.45) is 5.92 Å². The number of carboxylic acids is 1. The first-order chi connectivity index (χ1) is 20.1. The summed E-state index contributed by atoms with van der Waals surface area (Å²) in [7, 11) is 1.49. The van der Waals surface area contributed by atoms with Gasteiger partial charge in [0, 0.05) is 23.3 Å². The fourth-order valence-corrected chi connectivity index (χ4v) is 5.06. The van der Waals surface area contributed by atoms with Crippen LogP contribution in [0, 0.1) is 5.92 Å². The van der Waals surface area contributed by atoms with Crippen LogP contribution >= 0.6 is 11.8 Å². The minimum atomic E-state index is -1.23. The topological polar surface area (TPSA) is 161 Å². The van der Waals surface area contributed by atoms with Crippen molar-refractivity contribution in [1.82, 2.24) is 20.8 Å². The quantitative estimate of drug-likeness (QED) is 0.223. The molecule has 2 unspecified atom stereocenters. The standard InChI is InChI=1S/C30H36N4O7S/c1-5-25-32-30(41-34-25)20-11-12-24(40-4)21(13-20)14-26(36)33-28(18(2)3)29(39)31-22(15-27(37)38)23(35)17-42-16-19-9-7-6-8-10-19/h6-13,18,22,28H,5,14-17H2,1-4H3,(H,31,39)(H,33,36)(H,37,38). The molecule has 0 radical (unpaired) electrons. The molecular formula is C30H36N4O7S. The highest BCUT2D eigenvalue weighted by Crippen LogP contribution is 2.26. The fourth-order valence-electron chi connectivity index (χ4n) is 4.12. The van der Waals surface area contributed by atoms with Gasteiger partial charge in [-0.25, -0.2) is 0 Å². The van der Waals surface area contributed by atoms with Gasteiger partial charge in [-0.05, 0) is 29.7 Å². The van der Waals surface area contributed by atoms with Gasteiger partial charge >= 0.3 is 5.97 Å². The van der Waals surface area contributed by atoms with Gasteiger partial charge in [0.15, 0.2) is 11.6 Å². The smallest absolute Gasteiger partial charge is 0.305 e. The molecule has 0 aliphatic carbocycles. The Labute approximate surface area is 248 Å². The van der Waals surface area contributed by atoms with Crippen LogP contribution in [-0.2, 0) is 37.8 Å². The number of methoxy groups -OCH3 is 1. The molecule has 0 bridgehead atoms. The summed E-state index contributed by atoms with van der Waals surface area (Å²) in [5, 5.41) is 18.6. The maximum atomic E-state index is 13.2. The first kappa shape index (κ1) is 32.3. The van der Waals surface area contributed by atoms with Gasteiger partial charge in [-0.2, -0.15) is 4.98 Å². The summed E-state index contributed by atoms with van der Waals surface area (Å²) in [5.41, 5.74) is 2.19. The highest BCUT2D eigenvalue weighted by Gasteiger charge is 2.30. The molecule has 0 fully saturated rings. The SMILES string of the molecule is CCc1noc(-c2ccc(OC)c(CC(=O)NC(C(=O)NC(CC(=O)O)C(=O)CSCc3ccccc3)C(C)C)c2)n1. The molecule has 0 aliphatic heterocycles. The summed E-state index contributed by atoms with van der Waals surface area (Å²) in [6.45, 7) is 5.40. The molecule has 0 saturated carbocycles. The zero-order chi connectivity index (χ0) is 30.6. The number of ketones is 1. The number of aryl methyl sites for hydroxylation is 1. The molecule has 12 heteroatoms. The molecule has 3 N–H and O–H groups in total. The van der Waals surface area contributed by atoms with E-state index in [2.05, 4.69) is 20.8 Å². The second kappa shape index (κ2) is 15.7. The molecule has 1 aromatic heterocycles. The van der Waals surface area contributed by atoms with Crippen LogP contribution < -0.4 is 15.4 Å². The molecular weight excluding hydrogens is 560 g/mol. The Morgan fingerprint density at radius 1 is 1.07 bits per heavy atom. The Balaban J connectivity index is 1.67. The Morgan fingerprint density at radius 2 is 1.81 bits per heavy atom. The number of nitrogens with zero attached hydrogens (tertiary/aromatic N) is 2. The van der Waals surface area contributed by atoms with E-state index < -0.39 is 42.1 Å². The van der Waals surface area contributed by atoms with Crippen molar-refractivity contribution in [2.75, 3.05) is 12.9 Å². The van der Waals surface area contributed by atoms with Crippen LogP contribution in [0.4, 0.5) is 0 Å². The van der Waals surface area contributed by atoms with Gasteiger partial charge in [0.1, 0.15) is 11.8 Å². The molecule has 0 aliphatic rings. The summed E-state index contributed by atoms with van der Waals surface area (Å²) in [5.74, 6) is -1.13. The Bertz CT molecular complexity index is 1380. The fraction of sp³-hybridized carbons (Fsp3) is 0.400. The van der Waals surface area contributed by atoms with Gasteiger partial charge in [0.05, 0.1) is 31.7 Å². The van der Waals surface area contributed by atoms with Crippen LogP contribution in [0.25, 0.3) is 11.5 Å². The highest BCUT2D eigenvalue weighted by atomic mass is 32.2. The largest absolute Gasteiger partial charge is 0.496 e. The Kier molecular flexibility index (Phi) is 12.1. The van der Waals surface area contributed by atoms with Crippen molar-refractivity contribution < 1.29 is 33.5 Å². The Hall–Kier alpha value is -4.19. The number of aliphatic carboxylic acids is 1. The number of carbonyl (C=O) groups excluding carboxylic acids is 3. The van der Waals surface area contributed by atoms with Crippen molar-refractivity contribution in [2.45, 2.75) is 57.9 Å². The lowest BCUT2D eigenvalue weighted by molar-refractivity contribution is -0.140. The third-order valence-electron chi connectivity index (χ3n) is 6.37. The lowest BCUT2D eigenvalue weighted by Crippen LogP contribution is -2.54. The molecule has 0 spiro atoms. The van der Waals surface area contributed by atoms with Gasteiger partial charge in [-0.1, -0.05) is 56.3 Å². The summed E-state index contributed by atoms with van der Waals surface area (Å²) in [6, 6.07) is 12.5. The molecule has 3 rings (SSSR count). The maximum Gasteiger partial charge on any atom is 0.305 e. The number of hydrogen-bond donors (Lipinski definition) is 3. The van der Waals surface area contributed by atoms with Crippen LogP contribution in [0.5, 0.6) is 5.75 Å². The number of Topliss-reactive ketones (excluding diaryl/α,β-unsaturated/α-hetero) is 1. The number of nitrogens with one attached hydrogen (secondary N) is 2. The molecule has 2 atom stereocenters. The van der Waals surface area contributed by atoms with E-state index in [9.17, 15) is 24.3 Å². The van der Waals surface area contributed by atoms with Crippen LogP contribution in [0.3, 0.4) is 0 Å².